The predicted molar refractivity (Wildman–Crippen MR) is 153 cm³/mol. The van der Waals surface area contributed by atoms with E-state index in [-0.39, 0.29) is 0 Å². The zero-order valence-corrected chi connectivity index (χ0v) is 21.2. The van der Waals surface area contributed by atoms with E-state index in [1.54, 1.807) is 11.3 Å². The summed E-state index contributed by atoms with van der Waals surface area (Å²) in [5.74, 6) is 0.714. The van der Waals surface area contributed by atoms with Crippen LogP contribution in [-0.2, 0) is 13.1 Å². The van der Waals surface area contributed by atoms with E-state index in [2.05, 4.69) is 96.5 Å². The molecule has 0 aliphatic carbocycles. The Kier molecular flexibility index (Phi) is 5.73. The Morgan fingerprint density at radius 3 is 2.61 bits per heavy atom. The van der Waals surface area contributed by atoms with Gasteiger partial charge in [-0.05, 0) is 40.8 Å². The van der Waals surface area contributed by atoms with Gasteiger partial charge in [-0.2, -0.15) is 5.10 Å². The van der Waals surface area contributed by atoms with Crippen molar-refractivity contribution in [2.75, 3.05) is 0 Å². The molecule has 0 radical (unpaired) electrons. The number of thiophene rings is 1. The smallest absolute Gasteiger partial charge is 0.159 e. The fourth-order valence-electron chi connectivity index (χ4n) is 4.71. The molecule has 0 saturated heterocycles. The summed E-state index contributed by atoms with van der Waals surface area (Å²) in [6.07, 6.45) is 5.63. The molecule has 38 heavy (non-hydrogen) atoms. The van der Waals surface area contributed by atoms with Crippen molar-refractivity contribution in [3.05, 3.63) is 108 Å². The van der Waals surface area contributed by atoms with Gasteiger partial charge in [0, 0.05) is 53.2 Å². The second-order valence-electron chi connectivity index (χ2n) is 9.13. The summed E-state index contributed by atoms with van der Waals surface area (Å²) in [7, 11) is 0. The van der Waals surface area contributed by atoms with Gasteiger partial charge in [0.15, 0.2) is 11.5 Å². The third kappa shape index (κ3) is 4.26. The van der Waals surface area contributed by atoms with E-state index in [1.165, 1.54) is 10.4 Å². The van der Waals surface area contributed by atoms with Crippen LogP contribution in [-0.4, -0.2) is 30.1 Å². The molecule has 0 spiro atoms. The van der Waals surface area contributed by atoms with Crippen LogP contribution in [0.3, 0.4) is 0 Å². The maximum atomic E-state index is 4.96. The number of hydrogen-bond acceptors (Lipinski definition) is 6. The molecule has 0 aliphatic heterocycles. The van der Waals surface area contributed by atoms with Crippen LogP contribution >= 0.6 is 11.3 Å². The minimum absolute atomic E-state index is 0.714. The molecule has 7 aromatic rings. The Morgan fingerprint density at radius 1 is 0.816 bits per heavy atom. The van der Waals surface area contributed by atoms with Crippen LogP contribution in [0, 0.1) is 0 Å². The molecule has 184 valence electrons. The van der Waals surface area contributed by atoms with Crippen LogP contribution in [0.2, 0.25) is 0 Å². The molecule has 0 unspecified atom stereocenters. The second-order valence-corrected chi connectivity index (χ2v) is 10.1. The van der Waals surface area contributed by atoms with Crippen LogP contribution in [0.15, 0.2) is 96.8 Å². The first-order valence-electron chi connectivity index (χ1n) is 12.4. The largest absolute Gasteiger partial charge is 0.337 e. The minimum Gasteiger partial charge on any atom is -0.337 e. The van der Waals surface area contributed by atoms with Crippen molar-refractivity contribution < 1.29 is 0 Å². The Labute approximate surface area is 222 Å². The van der Waals surface area contributed by atoms with Gasteiger partial charge in [0.1, 0.15) is 5.69 Å². The number of para-hydroxylation sites is 1. The fraction of sp³-hybridized carbons (Fsp3) is 0.0667. The Morgan fingerprint density at radius 2 is 1.71 bits per heavy atom. The normalized spacial score (nSPS) is 11.5. The van der Waals surface area contributed by atoms with Gasteiger partial charge in [0.25, 0.3) is 0 Å². The molecule has 2 aromatic carbocycles. The summed E-state index contributed by atoms with van der Waals surface area (Å²) in [5.41, 5.74) is 8.85. The van der Waals surface area contributed by atoms with Gasteiger partial charge >= 0.3 is 0 Å². The zero-order chi connectivity index (χ0) is 25.3. The number of aromatic amines is 2. The molecule has 5 heterocycles. The van der Waals surface area contributed by atoms with Crippen LogP contribution < -0.4 is 5.32 Å². The molecule has 0 amide bonds. The molecule has 0 saturated carbocycles. The molecule has 0 atom stereocenters. The van der Waals surface area contributed by atoms with Crippen molar-refractivity contribution >= 4 is 33.4 Å². The van der Waals surface area contributed by atoms with Crippen molar-refractivity contribution in [3.8, 4) is 33.1 Å². The number of imidazole rings is 1. The molecular formula is C30H23N7S. The first-order chi connectivity index (χ1) is 18.8. The van der Waals surface area contributed by atoms with Crippen molar-refractivity contribution in [2.24, 2.45) is 0 Å². The van der Waals surface area contributed by atoms with Gasteiger partial charge in [0.2, 0.25) is 0 Å². The third-order valence-electron chi connectivity index (χ3n) is 6.57. The van der Waals surface area contributed by atoms with Crippen molar-refractivity contribution in [3.63, 3.8) is 0 Å². The summed E-state index contributed by atoms with van der Waals surface area (Å²) in [6.45, 7) is 1.54. The number of nitrogens with zero attached hydrogens (tertiary/aromatic N) is 4. The number of benzene rings is 2. The summed E-state index contributed by atoms with van der Waals surface area (Å²) >= 11 is 1.71. The van der Waals surface area contributed by atoms with Gasteiger partial charge in [-0.3, -0.25) is 10.1 Å². The van der Waals surface area contributed by atoms with Gasteiger partial charge < -0.3 is 10.3 Å². The Hall–Kier alpha value is -4.66. The van der Waals surface area contributed by atoms with E-state index in [0.717, 1.165) is 63.1 Å². The maximum Gasteiger partial charge on any atom is 0.159 e. The fourth-order valence-corrected chi connectivity index (χ4v) is 5.46. The summed E-state index contributed by atoms with van der Waals surface area (Å²) < 4.78 is 0. The van der Waals surface area contributed by atoms with Crippen LogP contribution in [0.25, 0.3) is 55.2 Å². The number of pyridine rings is 2. The quantitative estimate of drug-likeness (QED) is 0.224. The van der Waals surface area contributed by atoms with Gasteiger partial charge in [-0.15, -0.1) is 11.3 Å². The molecular weight excluding hydrogens is 490 g/mol. The molecule has 8 heteroatoms. The number of nitrogens with one attached hydrogen (secondary N) is 3. The van der Waals surface area contributed by atoms with Crippen LogP contribution in [0.1, 0.15) is 11.1 Å². The first-order valence-corrected chi connectivity index (χ1v) is 13.3. The molecule has 7 nitrogen and oxygen atoms in total. The van der Waals surface area contributed by atoms with E-state index >= 15 is 0 Å². The molecule has 7 rings (SSSR count). The van der Waals surface area contributed by atoms with E-state index in [9.17, 15) is 0 Å². The summed E-state index contributed by atoms with van der Waals surface area (Å²) in [4.78, 5) is 18.7. The first kappa shape index (κ1) is 22.5. The van der Waals surface area contributed by atoms with Crippen molar-refractivity contribution in [1.29, 1.82) is 0 Å². The topological polar surface area (TPSA) is 95.2 Å². The van der Waals surface area contributed by atoms with E-state index in [0.29, 0.717) is 5.82 Å². The Balaban J connectivity index is 1.20. The van der Waals surface area contributed by atoms with E-state index in [4.69, 9.17) is 4.98 Å². The number of H-pyrrole nitrogens is 2. The SMILES string of the molecule is c1ccc(CNCc2cncc(-c3cnc4[nH]nc(-c5nc6c(-c7cccs7)cccc6[nH]5)c4c3)c2)cc1. The number of fused-ring (bicyclic) bond motifs is 2. The van der Waals surface area contributed by atoms with Crippen LogP contribution in [0.5, 0.6) is 0 Å². The van der Waals surface area contributed by atoms with Crippen LogP contribution in [0.4, 0.5) is 0 Å². The lowest BCUT2D eigenvalue weighted by Gasteiger charge is -2.07. The average molecular weight is 514 g/mol. The van der Waals surface area contributed by atoms with E-state index in [1.807, 2.05) is 30.7 Å². The van der Waals surface area contributed by atoms with E-state index < -0.39 is 0 Å². The number of aromatic nitrogens is 6. The molecule has 0 fully saturated rings. The third-order valence-corrected chi connectivity index (χ3v) is 7.47. The lowest BCUT2D eigenvalue weighted by molar-refractivity contribution is 0.691. The summed E-state index contributed by atoms with van der Waals surface area (Å²) in [6, 6.07) is 25.0. The Bertz CT molecular complexity index is 1850. The van der Waals surface area contributed by atoms with Gasteiger partial charge in [-0.1, -0.05) is 48.5 Å². The highest BCUT2D eigenvalue weighted by Gasteiger charge is 2.16. The summed E-state index contributed by atoms with van der Waals surface area (Å²) in [5, 5.41) is 14.1. The monoisotopic (exact) mass is 513 g/mol. The molecule has 0 aliphatic rings. The number of rotatable bonds is 7. The molecule has 5 aromatic heterocycles. The van der Waals surface area contributed by atoms with Gasteiger partial charge in [0.05, 0.1) is 16.4 Å². The maximum absolute atomic E-state index is 4.96. The standard InChI is InChI=1S/C30H23N7S/c1-2-6-19(7-3-1)14-31-15-20-12-21(17-32-16-20)22-13-24-28(36-37-29(24)33-18-22)30-34-25-9-4-8-23(27(25)35-30)26-10-5-11-38-26/h1-13,16-18,31H,14-15H2,(H,34,35)(H,33,36,37). The zero-order valence-electron chi connectivity index (χ0n) is 20.3. The second kappa shape index (κ2) is 9.66. The van der Waals surface area contributed by atoms with Gasteiger partial charge in [-0.25, -0.2) is 9.97 Å². The van der Waals surface area contributed by atoms with Crippen molar-refractivity contribution in [2.45, 2.75) is 13.1 Å². The van der Waals surface area contributed by atoms with Crippen molar-refractivity contribution in [1.82, 2.24) is 35.5 Å². The predicted octanol–water partition coefficient (Wildman–Crippen LogP) is 6.58. The highest BCUT2D eigenvalue weighted by molar-refractivity contribution is 7.13. The lowest BCUT2D eigenvalue weighted by atomic mass is 10.1. The number of hydrogen-bond donors (Lipinski definition) is 3. The lowest BCUT2D eigenvalue weighted by Crippen LogP contribution is -2.12. The highest BCUT2D eigenvalue weighted by atomic mass is 32.1. The molecule has 3 N–H and O–H groups in total. The molecule has 0 bridgehead atoms. The average Bonchev–Trinajstić information content (AvgIpc) is 3.73. The minimum atomic E-state index is 0.714. The highest BCUT2D eigenvalue weighted by Crippen LogP contribution is 2.34.